The summed E-state index contributed by atoms with van der Waals surface area (Å²) in [4.78, 5) is 3.48. The molecule has 0 aliphatic carbocycles. The van der Waals surface area contributed by atoms with E-state index in [1.54, 1.807) is 6.07 Å². The van der Waals surface area contributed by atoms with Gasteiger partial charge < -0.3 is 19.9 Å². The minimum atomic E-state index is -0.132. The van der Waals surface area contributed by atoms with Crippen molar-refractivity contribution >= 4 is 23.0 Å². The number of hydrogen-bond acceptors (Lipinski definition) is 2. The van der Waals surface area contributed by atoms with Gasteiger partial charge in [-0.1, -0.05) is 18.2 Å². The van der Waals surface area contributed by atoms with Crippen molar-refractivity contribution in [2.45, 2.75) is 19.9 Å². The molecular weight excluding hydrogens is 349 g/mol. The van der Waals surface area contributed by atoms with Gasteiger partial charge in [0.15, 0.2) is 11.8 Å². The zero-order chi connectivity index (χ0) is 18.4. The number of quaternary nitrogens is 1. The zero-order valence-corrected chi connectivity index (χ0v) is 15.8. The molecule has 2 aromatic carbocycles. The Bertz CT molecular complexity index is 738. The van der Waals surface area contributed by atoms with E-state index in [0.717, 1.165) is 43.2 Å². The summed E-state index contributed by atoms with van der Waals surface area (Å²) in [5.41, 5.74) is 1.70. The molecule has 1 unspecified atom stereocenters. The molecule has 1 atom stereocenters. The molecule has 0 radical (unpaired) electrons. The molecule has 138 valence electrons. The molecular formula is C20H25FN3OS+. The maximum absolute atomic E-state index is 13.9. The van der Waals surface area contributed by atoms with Crippen molar-refractivity contribution in [1.29, 1.82) is 0 Å². The summed E-state index contributed by atoms with van der Waals surface area (Å²) in [6.45, 7) is 6.01. The van der Waals surface area contributed by atoms with Gasteiger partial charge >= 0.3 is 0 Å². The molecule has 1 saturated heterocycles. The van der Waals surface area contributed by atoms with Crippen LogP contribution in [0.5, 0.6) is 5.75 Å². The summed E-state index contributed by atoms with van der Waals surface area (Å²) in [7, 11) is 0. The van der Waals surface area contributed by atoms with Gasteiger partial charge in [0.25, 0.3) is 0 Å². The molecule has 26 heavy (non-hydrogen) atoms. The molecule has 2 aromatic rings. The highest BCUT2D eigenvalue weighted by atomic mass is 32.1. The van der Waals surface area contributed by atoms with Crippen LogP contribution in [0.15, 0.2) is 48.5 Å². The van der Waals surface area contributed by atoms with Crippen LogP contribution in [-0.2, 0) is 6.54 Å². The quantitative estimate of drug-likeness (QED) is 0.788. The van der Waals surface area contributed by atoms with Gasteiger partial charge in [0.2, 0.25) is 0 Å². The van der Waals surface area contributed by atoms with Gasteiger partial charge in [-0.2, -0.15) is 0 Å². The number of nitrogens with zero attached hydrogens (tertiary/aromatic N) is 1. The van der Waals surface area contributed by atoms with E-state index in [9.17, 15) is 4.39 Å². The van der Waals surface area contributed by atoms with E-state index in [1.165, 1.54) is 11.0 Å². The Morgan fingerprint density at radius 3 is 2.73 bits per heavy atom. The molecule has 1 heterocycles. The van der Waals surface area contributed by atoms with Crippen LogP contribution in [0.3, 0.4) is 0 Å². The molecule has 1 aliphatic rings. The lowest BCUT2D eigenvalue weighted by atomic mass is 10.2. The molecule has 1 fully saturated rings. The fraction of sp³-hybridized carbons (Fsp3) is 0.350. The minimum absolute atomic E-state index is 0.132. The summed E-state index contributed by atoms with van der Waals surface area (Å²) >= 11 is 5.58. The van der Waals surface area contributed by atoms with E-state index in [1.807, 2.05) is 43.3 Å². The largest absolute Gasteiger partial charge is 0.494 e. The monoisotopic (exact) mass is 374 g/mol. The summed E-state index contributed by atoms with van der Waals surface area (Å²) in [5, 5.41) is 4.00. The number of nitrogens with one attached hydrogen (secondary N) is 2. The molecule has 4 nitrogen and oxygen atoms in total. The highest BCUT2D eigenvalue weighted by Crippen LogP contribution is 2.16. The molecule has 6 heteroatoms. The fourth-order valence-electron chi connectivity index (χ4n) is 3.18. The summed E-state index contributed by atoms with van der Waals surface area (Å²) in [6.07, 6.45) is 1.04. The van der Waals surface area contributed by atoms with E-state index in [4.69, 9.17) is 17.0 Å². The van der Waals surface area contributed by atoms with Crippen molar-refractivity contribution in [3.63, 3.8) is 0 Å². The number of hydrogen-bond donors (Lipinski definition) is 2. The normalized spacial score (nSPS) is 17.0. The Kier molecular flexibility index (Phi) is 6.41. The number of ether oxygens (including phenoxy) is 1. The van der Waals surface area contributed by atoms with Gasteiger partial charge in [-0.05, 0) is 49.5 Å². The molecule has 2 N–H and O–H groups in total. The lowest BCUT2D eigenvalue weighted by Crippen LogP contribution is -3.13. The van der Waals surface area contributed by atoms with Crippen molar-refractivity contribution in [3.8, 4) is 5.75 Å². The van der Waals surface area contributed by atoms with Crippen LogP contribution >= 0.6 is 12.2 Å². The molecule has 0 saturated carbocycles. The van der Waals surface area contributed by atoms with Gasteiger partial charge in [-0.3, -0.25) is 0 Å². The summed E-state index contributed by atoms with van der Waals surface area (Å²) in [5.74, 6) is 0.717. The number of thiocarbonyl (C=S) groups is 1. The molecule has 0 bridgehead atoms. The number of benzene rings is 2. The van der Waals surface area contributed by atoms with Crippen LogP contribution in [-0.4, -0.2) is 36.4 Å². The van der Waals surface area contributed by atoms with Crippen LogP contribution in [0.25, 0.3) is 0 Å². The van der Waals surface area contributed by atoms with Gasteiger partial charge in [-0.25, -0.2) is 4.39 Å². The van der Waals surface area contributed by atoms with E-state index in [2.05, 4.69) is 10.2 Å². The van der Waals surface area contributed by atoms with Crippen LogP contribution in [0.2, 0.25) is 0 Å². The zero-order valence-electron chi connectivity index (χ0n) is 15.0. The number of anilines is 1. The van der Waals surface area contributed by atoms with Crippen LogP contribution in [0.1, 0.15) is 18.9 Å². The number of halogens is 1. The fourth-order valence-corrected chi connectivity index (χ4v) is 3.45. The van der Waals surface area contributed by atoms with Crippen LogP contribution in [0.4, 0.5) is 10.1 Å². The predicted octanol–water partition coefficient (Wildman–Crippen LogP) is 2.67. The van der Waals surface area contributed by atoms with E-state index in [-0.39, 0.29) is 5.82 Å². The van der Waals surface area contributed by atoms with Gasteiger partial charge in [0.05, 0.1) is 13.2 Å². The lowest BCUT2D eigenvalue weighted by molar-refractivity contribution is -0.927. The molecule has 0 amide bonds. The summed E-state index contributed by atoms with van der Waals surface area (Å²) < 4.78 is 19.4. The van der Waals surface area contributed by atoms with Crippen molar-refractivity contribution in [2.24, 2.45) is 0 Å². The molecule has 1 aliphatic heterocycles. The van der Waals surface area contributed by atoms with Crippen LogP contribution in [0, 0.1) is 5.82 Å². The maximum Gasteiger partial charge on any atom is 0.177 e. The van der Waals surface area contributed by atoms with Crippen LogP contribution < -0.4 is 15.0 Å². The van der Waals surface area contributed by atoms with Gasteiger partial charge in [0.1, 0.15) is 18.1 Å². The highest BCUT2D eigenvalue weighted by Gasteiger charge is 2.23. The first-order chi connectivity index (χ1) is 12.7. The Labute approximate surface area is 159 Å². The average molecular weight is 375 g/mol. The Balaban J connectivity index is 1.56. The lowest BCUT2D eigenvalue weighted by Gasteiger charge is -2.34. The van der Waals surface area contributed by atoms with Crippen molar-refractivity contribution in [3.05, 3.63) is 59.9 Å². The molecule has 0 spiro atoms. The average Bonchev–Trinajstić information content (AvgIpc) is 2.66. The Morgan fingerprint density at radius 2 is 2.00 bits per heavy atom. The maximum atomic E-state index is 13.9. The summed E-state index contributed by atoms with van der Waals surface area (Å²) in [6, 6.07) is 14.8. The second-order valence-corrected chi connectivity index (χ2v) is 6.82. The van der Waals surface area contributed by atoms with Crippen molar-refractivity contribution in [2.75, 3.05) is 31.7 Å². The van der Waals surface area contributed by atoms with Crippen molar-refractivity contribution in [1.82, 2.24) is 4.90 Å². The molecule has 3 rings (SSSR count). The number of rotatable bonds is 5. The van der Waals surface area contributed by atoms with E-state index < -0.39 is 0 Å². The first kappa shape index (κ1) is 18.6. The Morgan fingerprint density at radius 1 is 1.23 bits per heavy atom. The van der Waals surface area contributed by atoms with Crippen molar-refractivity contribution < 1.29 is 14.0 Å². The third-order valence-electron chi connectivity index (χ3n) is 4.47. The van der Waals surface area contributed by atoms with E-state index >= 15 is 0 Å². The van der Waals surface area contributed by atoms with E-state index in [0.29, 0.717) is 18.3 Å². The Hall–Kier alpha value is -2.18. The standard InChI is InChI=1S/C20H24FN3OS/c1-2-25-18-10-8-17(9-11-18)22-20(26)24-13-5-12-23(15-24)14-16-6-3-4-7-19(16)21/h3-4,6-11H,2,5,12-15H2,1H3,(H,22,26)/p+1. The third kappa shape index (κ3) is 4.93. The van der Waals surface area contributed by atoms with Gasteiger partial charge in [-0.15, -0.1) is 0 Å². The first-order valence-corrected chi connectivity index (χ1v) is 9.42. The first-order valence-electron chi connectivity index (χ1n) is 9.01. The minimum Gasteiger partial charge on any atom is -0.494 e. The SMILES string of the molecule is CCOc1ccc(NC(=S)N2CCC[NH+](Cc3ccccc3F)C2)cc1. The van der Waals surface area contributed by atoms with Gasteiger partial charge in [0, 0.05) is 24.2 Å². The molecule has 0 aromatic heterocycles. The second kappa shape index (κ2) is 8.96. The third-order valence-corrected chi connectivity index (χ3v) is 4.84. The highest BCUT2D eigenvalue weighted by molar-refractivity contribution is 7.80. The smallest absolute Gasteiger partial charge is 0.177 e. The second-order valence-electron chi connectivity index (χ2n) is 6.43. The predicted molar refractivity (Wildman–Crippen MR) is 106 cm³/mol. The topological polar surface area (TPSA) is 28.9 Å².